The van der Waals surface area contributed by atoms with Gasteiger partial charge < -0.3 is 19.3 Å². The number of nitrogens with one attached hydrogen (secondary N) is 2. The third-order valence-electron chi connectivity index (χ3n) is 6.34. The van der Waals surface area contributed by atoms with E-state index in [9.17, 15) is 4.79 Å². The van der Waals surface area contributed by atoms with Crippen molar-refractivity contribution < 1.29 is 24.2 Å². The van der Waals surface area contributed by atoms with Crippen LogP contribution in [0.2, 0.25) is 0 Å². The summed E-state index contributed by atoms with van der Waals surface area (Å²) in [6, 6.07) is 12.3. The monoisotopic (exact) mass is 412 g/mol. The van der Waals surface area contributed by atoms with Crippen molar-refractivity contribution in [2.75, 3.05) is 58.4 Å². The first-order valence-corrected chi connectivity index (χ1v) is 10.8. The fourth-order valence-electron chi connectivity index (χ4n) is 4.69. The van der Waals surface area contributed by atoms with Crippen LogP contribution in [-0.2, 0) is 4.79 Å². The molecule has 160 valence electrons. The number of pyridine rings is 1. The van der Waals surface area contributed by atoms with E-state index in [0.717, 1.165) is 68.4 Å². The van der Waals surface area contributed by atoms with Crippen molar-refractivity contribution in [3.8, 4) is 11.5 Å². The molecular weight excluding hydrogens is 380 g/mol. The maximum absolute atomic E-state index is 13.1. The Kier molecular flexibility index (Phi) is 6.38. The van der Waals surface area contributed by atoms with Crippen LogP contribution >= 0.6 is 0 Å². The van der Waals surface area contributed by atoms with Gasteiger partial charge in [-0.15, -0.1) is 0 Å². The minimum atomic E-state index is 0.246. The minimum absolute atomic E-state index is 0.246. The fraction of sp³-hybridized carbons (Fsp3) is 0.478. The molecule has 0 bridgehead atoms. The van der Waals surface area contributed by atoms with E-state index in [-0.39, 0.29) is 11.9 Å². The van der Waals surface area contributed by atoms with Crippen LogP contribution in [0.3, 0.4) is 0 Å². The summed E-state index contributed by atoms with van der Waals surface area (Å²) >= 11 is 0. The molecule has 3 heterocycles. The Morgan fingerprint density at radius 3 is 2.67 bits per heavy atom. The van der Waals surface area contributed by atoms with Crippen molar-refractivity contribution in [2.24, 2.45) is 0 Å². The highest BCUT2D eigenvalue weighted by Crippen LogP contribution is 2.31. The van der Waals surface area contributed by atoms with E-state index < -0.39 is 0 Å². The Bertz CT molecular complexity index is 853. The number of piperazine rings is 1. The number of anilines is 1. The number of nitrogens with zero attached hydrogens (tertiary/aromatic N) is 2. The van der Waals surface area contributed by atoms with Crippen LogP contribution in [0.25, 0.3) is 0 Å². The number of likely N-dealkylation sites (tertiary alicyclic amines) is 1. The summed E-state index contributed by atoms with van der Waals surface area (Å²) in [4.78, 5) is 22.0. The fourth-order valence-corrected chi connectivity index (χ4v) is 4.69. The van der Waals surface area contributed by atoms with Crippen LogP contribution < -0.4 is 24.3 Å². The number of hydrogen-bond donors (Lipinski definition) is 1. The van der Waals surface area contributed by atoms with Gasteiger partial charge in [-0.1, -0.05) is 6.07 Å². The van der Waals surface area contributed by atoms with Gasteiger partial charge in [-0.05, 0) is 24.3 Å². The van der Waals surface area contributed by atoms with E-state index in [1.54, 1.807) is 14.2 Å². The smallest absolute Gasteiger partial charge is 0.278 e. The van der Waals surface area contributed by atoms with Crippen molar-refractivity contribution in [2.45, 2.75) is 18.9 Å². The number of amides is 1. The lowest BCUT2D eigenvalue weighted by molar-refractivity contribution is -0.910. The van der Waals surface area contributed by atoms with E-state index in [0.29, 0.717) is 6.54 Å². The molecule has 30 heavy (non-hydrogen) atoms. The first-order valence-electron chi connectivity index (χ1n) is 10.8. The zero-order valence-corrected chi connectivity index (χ0v) is 17.9. The maximum atomic E-state index is 13.1. The molecule has 2 aliphatic rings. The largest absolute Gasteiger partial charge is 0.497 e. The molecule has 1 unspecified atom stereocenters. The van der Waals surface area contributed by atoms with Gasteiger partial charge >= 0.3 is 0 Å². The topological polar surface area (TPSA) is 60.6 Å². The summed E-state index contributed by atoms with van der Waals surface area (Å²) in [5.41, 5.74) is 1.14. The number of quaternary nitrogens is 1. The third-order valence-corrected chi connectivity index (χ3v) is 6.34. The normalized spacial score (nSPS) is 21.5. The third kappa shape index (κ3) is 4.36. The highest BCUT2D eigenvalue weighted by atomic mass is 16.5. The molecule has 2 aliphatic heterocycles. The minimum Gasteiger partial charge on any atom is -0.497 e. The summed E-state index contributed by atoms with van der Waals surface area (Å²) in [6.07, 6.45) is 4.12. The molecule has 7 nitrogen and oxygen atoms in total. The second-order valence-electron chi connectivity index (χ2n) is 8.00. The SMILES string of the molecule is COc1ccc(OC)c([C@H]2CCC[NH+]2CC(=O)N2CCN(c3cccc[nH+]3)CC2)c1. The summed E-state index contributed by atoms with van der Waals surface area (Å²) < 4.78 is 11.0. The molecule has 1 aromatic heterocycles. The highest BCUT2D eigenvalue weighted by molar-refractivity contribution is 5.77. The molecule has 2 N–H and O–H groups in total. The van der Waals surface area contributed by atoms with Gasteiger partial charge in [0.05, 0.1) is 45.6 Å². The van der Waals surface area contributed by atoms with Crippen LogP contribution in [-0.4, -0.2) is 64.3 Å². The second-order valence-corrected chi connectivity index (χ2v) is 8.00. The molecule has 2 atom stereocenters. The first kappa shape index (κ1) is 20.5. The first-order chi connectivity index (χ1) is 14.7. The molecule has 2 aromatic rings. The Morgan fingerprint density at radius 2 is 1.97 bits per heavy atom. The lowest BCUT2D eigenvalue weighted by Gasteiger charge is -2.32. The van der Waals surface area contributed by atoms with Gasteiger partial charge in [0.15, 0.2) is 6.54 Å². The van der Waals surface area contributed by atoms with E-state index in [1.807, 2.05) is 35.4 Å². The molecule has 0 radical (unpaired) electrons. The molecule has 0 aliphatic carbocycles. The summed E-state index contributed by atoms with van der Waals surface area (Å²) in [5, 5.41) is 0. The average Bonchev–Trinajstić information content (AvgIpc) is 3.27. The molecule has 1 aromatic carbocycles. The Labute approximate surface area is 178 Å². The molecular formula is C23H32N4O3+2. The second kappa shape index (κ2) is 9.34. The van der Waals surface area contributed by atoms with Crippen LogP contribution in [0.5, 0.6) is 11.5 Å². The maximum Gasteiger partial charge on any atom is 0.278 e. The van der Waals surface area contributed by atoms with Gasteiger partial charge in [0, 0.05) is 18.9 Å². The van der Waals surface area contributed by atoms with Gasteiger partial charge in [-0.25, -0.2) is 4.98 Å². The van der Waals surface area contributed by atoms with Crippen LogP contribution in [0.15, 0.2) is 42.6 Å². The van der Waals surface area contributed by atoms with E-state index in [1.165, 1.54) is 4.90 Å². The summed E-state index contributed by atoms with van der Waals surface area (Å²) in [5.74, 6) is 3.06. The molecule has 2 saturated heterocycles. The van der Waals surface area contributed by atoms with E-state index in [2.05, 4.69) is 22.0 Å². The van der Waals surface area contributed by atoms with Crippen molar-refractivity contribution in [1.29, 1.82) is 0 Å². The van der Waals surface area contributed by atoms with Gasteiger partial charge in [-0.2, -0.15) is 0 Å². The molecule has 7 heteroatoms. The summed E-state index contributed by atoms with van der Waals surface area (Å²) in [6.45, 7) is 4.78. The van der Waals surface area contributed by atoms with Gasteiger partial charge in [0.1, 0.15) is 30.6 Å². The zero-order chi connectivity index (χ0) is 20.9. The number of H-pyrrole nitrogens is 1. The number of rotatable bonds is 6. The van der Waals surface area contributed by atoms with Crippen LogP contribution in [0.1, 0.15) is 24.4 Å². The van der Waals surface area contributed by atoms with E-state index >= 15 is 0 Å². The molecule has 4 rings (SSSR count). The summed E-state index contributed by atoms with van der Waals surface area (Å²) in [7, 11) is 3.38. The number of carbonyl (C=O) groups excluding carboxylic acids is 1. The number of benzene rings is 1. The quantitative estimate of drug-likeness (QED) is 0.754. The Balaban J connectivity index is 1.39. The lowest BCUT2D eigenvalue weighted by atomic mass is 10.0. The number of aromatic amines is 1. The number of aromatic nitrogens is 1. The molecule has 2 fully saturated rings. The Morgan fingerprint density at radius 1 is 1.13 bits per heavy atom. The lowest BCUT2D eigenvalue weighted by Crippen LogP contribution is -3.11. The Hall–Kier alpha value is -2.80. The van der Waals surface area contributed by atoms with Gasteiger partial charge in [0.2, 0.25) is 0 Å². The number of methoxy groups -OCH3 is 2. The molecule has 0 saturated carbocycles. The number of ether oxygens (including phenoxy) is 2. The van der Waals surface area contributed by atoms with Crippen molar-refractivity contribution >= 4 is 11.7 Å². The van der Waals surface area contributed by atoms with E-state index in [4.69, 9.17) is 9.47 Å². The molecule has 1 amide bonds. The van der Waals surface area contributed by atoms with Gasteiger partial charge in [0.25, 0.3) is 11.7 Å². The highest BCUT2D eigenvalue weighted by Gasteiger charge is 2.36. The molecule has 0 spiro atoms. The standard InChI is InChI=1S/C23H30N4O3/c1-29-18-8-9-21(30-2)19(16-18)20-6-5-11-27(20)17-23(28)26-14-12-25(13-15-26)22-7-3-4-10-24-22/h3-4,7-10,16,20H,5-6,11-15,17H2,1-2H3/p+2/t20-/m1/s1. The number of hydrogen-bond acceptors (Lipinski definition) is 4. The van der Waals surface area contributed by atoms with Crippen molar-refractivity contribution in [3.63, 3.8) is 0 Å². The van der Waals surface area contributed by atoms with Crippen molar-refractivity contribution in [1.82, 2.24) is 4.90 Å². The number of carbonyl (C=O) groups is 1. The zero-order valence-electron chi connectivity index (χ0n) is 17.9. The average molecular weight is 413 g/mol. The van der Waals surface area contributed by atoms with Crippen LogP contribution in [0, 0.1) is 0 Å². The predicted octanol–water partition coefficient (Wildman–Crippen LogP) is 0.587. The van der Waals surface area contributed by atoms with Gasteiger partial charge in [-0.3, -0.25) is 9.69 Å². The van der Waals surface area contributed by atoms with Crippen LogP contribution in [0.4, 0.5) is 5.82 Å². The predicted molar refractivity (Wildman–Crippen MR) is 114 cm³/mol. The van der Waals surface area contributed by atoms with Crippen molar-refractivity contribution in [3.05, 3.63) is 48.2 Å².